The highest BCUT2D eigenvalue weighted by molar-refractivity contribution is 6.05. The van der Waals surface area contributed by atoms with Crippen molar-refractivity contribution in [2.75, 3.05) is 6.61 Å². The van der Waals surface area contributed by atoms with Gasteiger partial charge in [-0.3, -0.25) is 4.79 Å². The summed E-state index contributed by atoms with van der Waals surface area (Å²) in [6, 6.07) is 2.63. The van der Waals surface area contributed by atoms with E-state index in [1.54, 1.807) is 6.92 Å². The van der Waals surface area contributed by atoms with Gasteiger partial charge < -0.3 is 9.84 Å². The minimum atomic E-state index is -1.14. The fourth-order valence-electron chi connectivity index (χ4n) is 2.03. The number of aliphatic hydroxyl groups excluding tert-OH is 1. The zero-order chi connectivity index (χ0) is 15.6. The molecular weight excluding hydrogens is 282 g/mol. The first-order valence-electron chi connectivity index (χ1n) is 6.55. The number of rotatable bonds is 4. The Morgan fingerprint density at radius 1 is 1.48 bits per heavy atom. The Labute approximate surface area is 120 Å². The van der Waals surface area contributed by atoms with Crippen molar-refractivity contribution in [3.63, 3.8) is 0 Å². The summed E-state index contributed by atoms with van der Waals surface area (Å²) in [5, 5.41) is 12.9. The van der Waals surface area contributed by atoms with Crippen molar-refractivity contribution in [1.29, 1.82) is 0 Å². The van der Waals surface area contributed by atoms with E-state index in [1.165, 1.54) is 19.1 Å². The van der Waals surface area contributed by atoms with Gasteiger partial charge in [0.1, 0.15) is 6.61 Å². The van der Waals surface area contributed by atoms with E-state index >= 15 is 0 Å². The number of hydrogen-bond acceptors (Lipinski definition) is 4. The number of ether oxygens (including phenoxy) is 1. The molecule has 1 aromatic carbocycles. The van der Waals surface area contributed by atoms with Crippen molar-refractivity contribution >= 4 is 11.6 Å². The van der Waals surface area contributed by atoms with E-state index in [4.69, 9.17) is 9.84 Å². The van der Waals surface area contributed by atoms with Crippen LogP contribution in [0.4, 0.5) is 8.78 Å². The first-order valence-corrected chi connectivity index (χ1v) is 6.55. The maximum absolute atomic E-state index is 14.1. The van der Waals surface area contributed by atoms with Crippen LogP contribution in [0.1, 0.15) is 25.8 Å². The molecule has 2 rings (SSSR count). The van der Waals surface area contributed by atoms with Gasteiger partial charge in [-0.2, -0.15) is 9.49 Å². The van der Waals surface area contributed by atoms with Crippen LogP contribution >= 0.6 is 0 Å². The van der Waals surface area contributed by atoms with Crippen molar-refractivity contribution in [3.8, 4) is 5.75 Å². The first-order chi connectivity index (χ1) is 9.90. The Morgan fingerprint density at radius 2 is 2.19 bits per heavy atom. The number of aliphatic hydroxyl groups is 1. The molecule has 0 aliphatic carbocycles. The van der Waals surface area contributed by atoms with Gasteiger partial charge in [0.25, 0.3) is 0 Å². The molecule has 114 valence electrons. The monoisotopic (exact) mass is 298 g/mol. The zero-order valence-corrected chi connectivity index (χ0v) is 11.7. The number of amides is 1. The van der Waals surface area contributed by atoms with Crippen LogP contribution in [0, 0.1) is 17.6 Å². The molecule has 0 aromatic heterocycles. The molecule has 0 saturated heterocycles. The Bertz CT molecular complexity index is 588. The first kappa shape index (κ1) is 15.4. The van der Waals surface area contributed by atoms with Crippen LogP contribution in [0.3, 0.4) is 0 Å². The molecule has 1 amide bonds. The Morgan fingerprint density at radius 3 is 2.81 bits per heavy atom. The summed E-state index contributed by atoms with van der Waals surface area (Å²) in [6.07, 6.45) is -0.620. The second-order valence-corrected chi connectivity index (χ2v) is 5.04. The Balaban J connectivity index is 2.30. The molecule has 21 heavy (non-hydrogen) atoms. The normalized spacial score (nSPS) is 19.8. The maximum atomic E-state index is 14.1. The number of benzene rings is 1. The Kier molecular flexibility index (Phi) is 4.52. The van der Waals surface area contributed by atoms with Gasteiger partial charge in [-0.25, -0.2) is 9.82 Å². The third-order valence-electron chi connectivity index (χ3n) is 3.06. The van der Waals surface area contributed by atoms with Crippen LogP contribution in [-0.4, -0.2) is 29.4 Å². The Hall–Kier alpha value is -2.02. The van der Waals surface area contributed by atoms with Gasteiger partial charge >= 0.3 is 0 Å². The number of hydrazone groups is 1. The van der Waals surface area contributed by atoms with E-state index in [1.807, 2.05) is 0 Å². The van der Waals surface area contributed by atoms with Crippen LogP contribution < -0.4 is 10.2 Å². The van der Waals surface area contributed by atoms with Gasteiger partial charge in [-0.1, -0.05) is 6.92 Å². The highest BCUT2D eigenvalue weighted by Gasteiger charge is 2.26. The summed E-state index contributed by atoms with van der Waals surface area (Å²) >= 11 is 0. The second-order valence-electron chi connectivity index (χ2n) is 5.04. The van der Waals surface area contributed by atoms with Crippen LogP contribution in [-0.2, 0) is 4.79 Å². The van der Waals surface area contributed by atoms with Gasteiger partial charge in [0.05, 0.1) is 11.8 Å². The predicted octanol–water partition coefficient (Wildman–Crippen LogP) is 1.58. The van der Waals surface area contributed by atoms with Crippen molar-refractivity contribution in [2.45, 2.75) is 26.4 Å². The molecule has 0 spiro atoms. The van der Waals surface area contributed by atoms with E-state index in [0.29, 0.717) is 0 Å². The van der Waals surface area contributed by atoms with E-state index in [0.717, 1.165) is 0 Å². The maximum Gasteiger partial charge on any atom is 0.240 e. The highest BCUT2D eigenvalue weighted by atomic mass is 19.2. The minimum absolute atomic E-state index is 0.00982. The number of nitrogens with zero attached hydrogens (tertiary/aromatic N) is 1. The molecule has 2 unspecified atom stereocenters. The van der Waals surface area contributed by atoms with Crippen molar-refractivity contribution < 1.29 is 23.4 Å². The van der Waals surface area contributed by atoms with Crippen LogP contribution in [0.2, 0.25) is 0 Å². The molecule has 1 aliphatic rings. The number of carbonyl (C=O) groups excluding carboxylic acids is 1. The lowest BCUT2D eigenvalue weighted by molar-refractivity contribution is -0.121. The topological polar surface area (TPSA) is 70.9 Å². The van der Waals surface area contributed by atoms with Crippen molar-refractivity contribution in [3.05, 3.63) is 29.3 Å². The third-order valence-corrected chi connectivity index (χ3v) is 3.06. The molecule has 2 atom stereocenters. The molecule has 7 heteroatoms. The lowest BCUT2D eigenvalue weighted by atomic mass is 9.93. The summed E-state index contributed by atoms with van der Waals surface area (Å²) in [6.45, 7) is 3.06. The smallest absolute Gasteiger partial charge is 0.240 e. The van der Waals surface area contributed by atoms with Gasteiger partial charge in [0.15, 0.2) is 11.6 Å². The number of hydrogen-bond donors (Lipinski definition) is 2. The predicted molar refractivity (Wildman–Crippen MR) is 72.0 cm³/mol. The van der Waals surface area contributed by atoms with Crippen LogP contribution in [0.15, 0.2) is 17.2 Å². The summed E-state index contributed by atoms with van der Waals surface area (Å²) < 4.78 is 33.1. The number of nitrogens with one attached hydrogen (secondary N) is 1. The molecule has 1 aliphatic heterocycles. The fraction of sp³-hybridized carbons (Fsp3) is 0.429. The second kappa shape index (κ2) is 6.17. The molecule has 0 saturated carbocycles. The lowest BCUT2D eigenvalue weighted by Crippen LogP contribution is -2.32. The molecule has 1 aromatic rings. The summed E-state index contributed by atoms with van der Waals surface area (Å²) in [5.41, 5.74) is 2.53. The van der Waals surface area contributed by atoms with Gasteiger partial charge in [-0.15, -0.1) is 0 Å². The van der Waals surface area contributed by atoms with Crippen molar-refractivity contribution in [1.82, 2.24) is 5.43 Å². The lowest BCUT2D eigenvalue weighted by Gasteiger charge is -2.20. The van der Waals surface area contributed by atoms with Gasteiger partial charge in [-0.05, 0) is 19.1 Å². The van der Waals surface area contributed by atoms with Crippen LogP contribution in [0.25, 0.3) is 0 Å². The van der Waals surface area contributed by atoms with Gasteiger partial charge in [0, 0.05) is 17.9 Å². The SMILES string of the molecule is CC(O)COc1ccc(C2=NNC(=O)CC2C)c(F)c1F. The van der Waals surface area contributed by atoms with E-state index in [2.05, 4.69) is 10.5 Å². The number of carbonyl (C=O) groups is 1. The average Bonchev–Trinajstić information content (AvgIpc) is 2.41. The summed E-state index contributed by atoms with van der Waals surface area (Å²) in [5.74, 6) is -3.06. The molecule has 0 bridgehead atoms. The van der Waals surface area contributed by atoms with E-state index in [-0.39, 0.29) is 41.9 Å². The molecule has 5 nitrogen and oxygen atoms in total. The largest absolute Gasteiger partial charge is 0.488 e. The number of halogens is 2. The van der Waals surface area contributed by atoms with Gasteiger partial charge in [0.2, 0.25) is 11.7 Å². The third kappa shape index (κ3) is 3.36. The summed E-state index contributed by atoms with van der Waals surface area (Å²) in [7, 11) is 0. The molecule has 0 radical (unpaired) electrons. The quantitative estimate of drug-likeness (QED) is 0.886. The summed E-state index contributed by atoms with van der Waals surface area (Å²) in [4.78, 5) is 11.2. The molecule has 2 N–H and O–H groups in total. The zero-order valence-electron chi connectivity index (χ0n) is 11.7. The molecular formula is C14H16F2N2O3. The fourth-order valence-corrected chi connectivity index (χ4v) is 2.03. The van der Waals surface area contributed by atoms with E-state index < -0.39 is 17.7 Å². The standard InChI is InChI=1S/C14H16F2N2O3/c1-7-5-11(20)17-18-14(7)9-3-4-10(13(16)12(9)15)21-6-8(2)19/h3-4,7-8,19H,5-6H2,1-2H3,(H,17,20). The molecule has 0 fully saturated rings. The van der Waals surface area contributed by atoms with Crippen LogP contribution in [0.5, 0.6) is 5.75 Å². The van der Waals surface area contributed by atoms with E-state index in [9.17, 15) is 13.6 Å². The molecule has 1 heterocycles. The minimum Gasteiger partial charge on any atom is -0.488 e. The van der Waals surface area contributed by atoms with Crippen molar-refractivity contribution in [2.24, 2.45) is 11.0 Å². The average molecular weight is 298 g/mol. The highest BCUT2D eigenvalue weighted by Crippen LogP contribution is 2.26.